The lowest BCUT2D eigenvalue weighted by atomic mass is 10.4. The summed E-state index contributed by atoms with van der Waals surface area (Å²) in [5.41, 5.74) is 4.95. The van der Waals surface area contributed by atoms with Gasteiger partial charge in [-0.25, -0.2) is 4.68 Å². The molecule has 0 amide bonds. The Kier molecular flexibility index (Phi) is 0.849. The van der Waals surface area contributed by atoms with Gasteiger partial charge in [-0.3, -0.25) is 0 Å². The van der Waals surface area contributed by atoms with Crippen molar-refractivity contribution in [2.75, 3.05) is 5.73 Å². The fourth-order valence-electron chi connectivity index (χ4n) is 0.813. The van der Waals surface area contributed by atoms with E-state index in [9.17, 15) is 0 Å². The van der Waals surface area contributed by atoms with Gasteiger partial charge in [0.2, 0.25) is 0 Å². The van der Waals surface area contributed by atoms with Crippen LogP contribution < -0.4 is 5.73 Å². The Morgan fingerprint density at radius 3 is 3.08 bits per heavy atom. The molecule has 66 valence electrons. The van der Waals surface area contributed by atoms with E-state index in [1.54, 1.807) is 0 Å². The summed E-state index contributed by atoms with van der Waals surface area (Å²) in [6, 6.07) is 2.89. The Balaban J connectivity index is 2.57. The molecule has 0 radical (unpaired) electrons. The quantitative estimate of drug-likeness (QED) is 0.695. The Bertz CT molecular complexity index is 573. The minimum absolute atomic E-state index is 0.137. The molecule has 5 nitrogen and oxygen atoms in total. The number of rotatable bonds is 1. The maximum Gasteiger partial charge on any atom is 0.175 e. The molecule has 0 aliphatic rings. The van der Waals surface area contributed by atoms with Gasteiger partial charge in [-0.05, 0) is 24.5 Å². The zero-order chi connectivity index (χ0) is 13.5. The summed E-state index contributed by atoms with van der Waals surface area (Å²) in [6.45, 7) is -2.56. The monoisotopic (exact) mass is 180 g/mol. The van der Waals surface area contributed by atoms with Crippen molar-refractivity contribution in [2.45, 2.75) is 6.85 Å². The lowest BCUT2D eigenvalue weighted by molar-refractivity contribution is 0.816. The number of nitrogens with zero attached hydrogens (tertiary/aromatic N) is 4. The molecule has 2 rings (SSSR count). The summed E-state index contributed by atoms with van der Waals surface area (Å²) in [6.07, 6.45) is -0.877. The van der Waals surface area contributed by atoms with Crippen LogP contribution in [-0.4, -0.2) is 20.0 Å². The average Bonchev–Trinajstić information content (AvgIpc) is 2.54. The predicted octanol–water partition coefficient (Wildman–Crippen LogP) is 0.553. The molecule has 0 atom stereocenters. The van der Waals surface area contributed by atoms with Crippen molar-refractivity contribution in [3.05, 3.63) is 30.0 Å². The van der Waals surface area contributed by atoms with E-state index < -0.39 is 24.8 Å². The van der Waals surface area contributed by atoms with Crippen LogP contribution in [0.4, 0.5) is 5.82 Å². The van der Waals surface area contributed by atoms with Gasteiger partial charge >= 0.3 is 0 Å². The molecule has 2 heterocycles. The van der Waals surface area contributed by atoms with E-state index in [0.717, 1.165) is 4.68 Å². The van der Waals surface area contributed by atoms with Gasteiger partial charge in [0.25, 0.3) is 0 Å². The van der Waals surface area contributed by atoms with Gasteiger partial charge in [0, 0.05) is 10.3 Å². The van der Waals surface area contributed by atoms with Gasteiger partial charge < -0.3 is 5.73 Å². The third-order valence-electron chi connectivity index (χ3n) is 1.37. The van der Waals surface area contributed by atoms with Crippen molar-refractivity contribution in [3.63, 3.8) is 0 Å². The number of anilines is 1. The fraction of sp³-hybridized carbons (Fsp3) is 0.125. The van der Waals surface area contributed by atoms with E-state index >= 15 is 0 Å². The topological polar surface area (TPSA) is 69.6 Å². The zero-order valence-corrected chi connectivity index (χ0v) is 6.52. The number of hydrogen-bond acceptors (Lipinski definition) is 4. The highest BCUT2D eigenvalue weighted by Gasteiger charge is 1.98. The molecule has 2 aromatic rings. The first-order valence-electron chi connectivity index (χ1n) is 5.97. The standard InChI is InChI=1S/C8H9N5/c1-6-4-10-13(5-6)8-3-2-7(9)11-12-8/h2-5H,1H3,(H2,9,11)/i1D3,4D,5D. The Hall–Kier alpha value is -1.91. The Morgan fingerprint density at radius 2 is 2.46 bits per heavy atom. The van der Waals surface area contributed by atoms with E-state index in [1.807, 2.05) is 0 Å². The number of hydrogen-bond donors (Lipinski definition) is 1. The van der Waals surface area contributed by atoms with E-state index in [2.05, 4.69) is 15.3 Å². The summed E-state index contributed by atoms with van der Waals surface area (Å²) >= 11 is 0. The van der Waals surface area contributed by atoms with Gasteiger partial charge in [-0.15, -0.1) is 10.2 Å². The molecule has 2 aromatic heterocycles. The molecule has 0 bridgehead atoms. The molecular weight excluding hydrogens is 166 g/mol. The SMILES string of the molecule is [2H]c1nn(-c2ccc(N)nn2)c([2H])c1C([2H])([2H])[2H]. The maximum atomic E-state index is 7.74. The highest BCUT2D eigenvalue weighted by Crippen LogP contribution is 2.04. The van der Waals surface area contributed by atoms with Gasteiger partial charge in [0.15, 0.2) is 5.82 Å². The second-order valence-corrected chi connectivity index (χ2v) is 2.33. The van der Waals surface area contributed by atoms with E-state index in [4.69, 9.17) is 12.6 Å². The second kappa shape index (κ2) is 2.85. The lowest BCUT2D eigenvalue weighted by Gasteiger charge is -1.97. The van der Waals surface area contributed by atoms with Gasteiger partial charge in [-0.2, -0.15) is 5.10 Å². The predicted molar refractivity (Wildman–Crippen MR) is 48.3 cm³/mol. The lowest BCUT2D eigenvalue weighted by Crippen LogP contribution is -2.01. The minimum atomic E-state index is -2.56. The Labute approximate surface area is 82.2 Å². The smallest absolute Gasteiger partial charge is 0.175 e. The maximum absolute atomic E-state index is 7.74. The minimum Gasteiger partial charge on any atom is -0.382 e. The van der Waals surface area contributed by atoms with Crippen molar-refractivity contribution in [2.24, 2.45) is 0 Å². The summed E-state index contributed by atoms with van der Waals surface area (Å²) in [4.78, 5) is 0. The van der Waals surface area contributed by atoms with Crippen LogP contribution in [0.15, 0.2) is 24.5 Å². The molecule has 0 spiro atoms. The molecule has 0 aliphatic carbocycles. The number of aromatic nitrogens is 4. The van der Waals surface area contributed by atoms with Crippen LogP contribution in [-0.2, 0) is 0 Å². The van der Waals surface area contributed by atoms with Crippen molar-refractivity contribution in [1.29, 1.82) is 0 Å². The molecule has 5 heteroatoms. The Morgan fingerprint density at radius 1 is 1.54 bits per heavy atom. The molecular formula is C8H9N5. The van der Waals surface area contributed by atoms with Crippen LogP contribution in [0.5, 0.6) is 0 Å². The first-order valence-corrected chi connectivity index (χ1v) is 3.47. The van der Waals surface area contributed by atoms with Crippen LogP contribution in [0.3, 0.4) is 0 Å². The van der Waals surface area contributed by atoms with Crippen molar-refractivity contribution >= 4 is 5.82 Å². The molecule has 0 saturated heterocycles. The van der Waals surface area contributed by atoms with Crippen LogP contribution in [0, 0.1) is 6.85 Å². The van der Waals surface area contributed by atoms with Crippen molar-refractivity contribution in [3.8, 4) is 5.82 Å². The highest BCUT2D eigenvalue weighted by molar-refractivity contribution is 5.31. The fourth-order valence-corrected chi connectivity index (χ4v) is 0.813. The van der Waals surface area contributed by atoms with Crippen molar-refractivity contribution in [1.82, 2.24) is 20.0 Å². The number of nitrogens with two attached hydrogens (primary N) is 1. The van der Waals surface area contributed by atoms with E-state index in [-0.39, 0.29) is 11.6 Å². The largest absolute Gasteiger partial charge is 0.382 e. The van der Waals surface area contributed by atoms with E-state index in [0.29, 0.717) is 0 Å². The van der Waals surface area contributed by atoms with Crippen LogP contribution in [0.25, 0.3) is 5.82 Å². The zero-order valence-electron chi connectivity index (χ0n) is 11.5. The first-order chi connectivity index (χ1) is 8.30. The first kappa shape index (κ1) is 3.87. The van der Waals surface area contributed by atoms with E-state index in [1.165, 1.54) is 12.1 Å². The van der Waals surface area contributed by atoms with Gasteiger partial charge in [0.1, 0.15) is 5.82 Å². The second-order valence-electron chi connectivity index (χ2n) is 2.33. The molecule has 0 saturated carbocycles. The van der Waals surface area contributed by atoms with Crippen LogP contribution >= 0.6 is 0 Å². The normalized spacial score (nSPS) is 16.8. The van der Waals surface area contributed by atoms with Gasteiger partial charge in [-0.1, -0.05) is 0 Å². The molecule has 0 aliphatic heterocycles. The van der Waals surface area contributed by atoms with Crippen molar-refractivity contribution < 1.29 is 6.85 Å². The molecule has 0 unspecified atom stereocenters. The summed E-state index contributed by atoms with van der Waals surface area (Å²) in [7, 11) is 0. The summed E-state index contributed by atoms with van der Waals surface area (Å²) in [5.74, 6) is 0.331. The average molecular weight is 180 g/mol. The van der Waals surface area contributed by atoms with Crippen LogP contribution in [0.1, 0.15) is 12.4 Å². The van der Waals surface area contributed by atoms with Crippen LogP contribution in [0.2, 0.25) is 0 Å². The summed E-state index contributed by atoms with van der Waals surface area (Å²) < 4.78 is 37.9. The molecule has 13 heavy (non-hydrogen) atoms. The third-order valence-corrected chi connectivity index (χ3v) is 1.37. The molecule has 0 aromatic carbocycles. The third kappa shape index (κ3) is 1.48. The molecule has 0 fully saturated rings. The molecule has 2 N–H and O–H groups in total. The number of nitrogen functional groups attached to an aromatic ring is 1. The summed E-state index contributed by atoms with van der Waals surface area (Å²) in [5, 5.41) is 10.9. The van der Waals surface area contributed by atoms with Gasteiger partial charge in [0.05, 0.1) is 8.91 Å². The highest BCUT2D eigenvalue weighted by atomic mass is 15.3.